The molecule has 178 valence electrons. The average molecular weight is 481 g/mol. The summed E-state index contributed by atoms with van der Waals surface area (Å²) < 4.78 is 25.4. The van der Waals surface area contributed by atoms with E-state index in [2.05, 4.69) is 10.4 Å². The van der Waals surface area contributed by atoms with Crippen LogP contribution in [0.15, 0.2) is 52.2 Å². The number of rotatable bonds is 5. The van der Waals surface area contributed by atoms with Crippen molar-refractivity contribution in [2.75, 3.05) is 5.32 Å². The largest absolute Gasteiger partial charge is 0.324 e. The van der Waals surface area contributed by atoms with Crippen molar-refractivity contribution in [2.45, 2.75) is 57.4 Å². The summed E-state index contributed by atoms with van der Waals surface area (Å²) in [7, 11) is -3.93. The third-order valence-corrected chi connectivity index (χ3v) is 7.28. The predicted octanol–water partition coefficient (Wildman–Crippen LogP) is 3.25. The van der Waals surface area contributed by atoms with Crippen molar-refractivity contribution < 1.29 is 13.2 Å². The van der Waals surface area contributed by atoms with E-state index in [1.165, 1.54) is 10.7 Å². The minimum absolute atomic E-state index is 0.0133. The van der Waals surface area contributed by atoms with Crippen molar-refractivity contribution in [1.82, 2.24) is 9.78 Å². The number of anilines is 1. The molecule has 1 aromatic heterocycles. The van der Waals surface area contributed by atoms with Crippen LogP contribution >= 0.6 is 0 Å². The van der Waals surface area contributed by atoms with Gasteiger partial charge in [-0.2, -0.15) is 5.10 Å². The third-order valence-electron chi connectivity index (χ3n) is 6.23. The molecule has 1 amide bonds. The molecule has 4 rings (SSSR count). The first-order valence-corrected chi connectivity index (χ1v) is 12.8. The maximum atomic E-state index is 13.3. The van der Waals surface area contributed by atoms with Crippen molar-refractivity contribution >= 4 is 21.6 Å². The average Bonchev–Trinajstić information content (AvgIpc) is 2.79. The van der Waals surface area contributed by atoms with Crippen LogP contribution in [-0.2, 0) is 27.7 Å². The molecule has 3 N–H and O–H groups in total. The number of benzene rings is 2. The van der Waals surface area contributed by atoms with E-state index in [1.54, 1.807) is 32.0 Å². The number of nitrogens with zero attached hydrogens (tertiary/aromatic N) is 2. The van der Waals surface area contributed by atoms with Gasteiger partial charge in [0.25, 0.3) is 5.56 Å². The monoisotopic (exact) mass is 480 g/mol. The molecular weight excluding hydrogens is 452 g/mol. The zero-order valence-corrected chi connectivity index (χ0v) is 20.3. The summed E-state index contributed by atoms with van der Waals surface area (Å²) in [5.41, 5.74) is 4.37. The Kier molecular flexibility index (Phi) is 6.42. The molecule has 1 atom stereocenters. The Morgan fingerprint density at radius 3 is 2.47 bits per heavy atom. The Balaban J connectivity index is 1.82. The van der Waals surface area contributed by atoms with E-state index in [4.69, 9.17) is 5.14 Å². The number of aromatic nitrogens is 2. The number of aryl methyl sites for hydroxylation is 2. The molecule has 2 aromatic carbocycles. The van der Waals surface area contributed by atoms with Crippen LogP contribution in [0.2, 0.25) is 0 Å². The van der Waals surface area contributed by atoms with Crippen LogP contribution in [0.4, 0.5) is 5.69 Å². The summed E-state index contributed by atoms with van der Waals surface area (Å²) in [4.78, 5) is 26.4. The Hall–Kier alpha value is -3.30. The first kappa shape index (κ1) is 23.8. The number of carbonyl (C=O) groups excluding carboxylic acids is 1. The second-order valence-electron chi connectivity index (χ2n) is 8.82. The Morgan fingerprint density at radius 2 is 1.79 bits per heavy atom. The molecule has 34 heavy (non-hydrogen) atoms. The fourth-order valence-corrected chi connectivity index (χ4v) is 5.19. The molecule has 1 aliphatic carbocycles. The highest BCUT2D eigenvalue weighted by molar-refractivity contribution is 7.89. The highest BCUT2D eigenvalue weighted by Gasteiger charge is 2.26. The zero-order valence-electron chi connectivity index (χ0n) is 19.5. The summed E-state index contributed by atoms with van der Waals surface area (Å²) in [6, 6.07) is 11.5. The molecule has 9 heteroatoms. The molecule has 0 radical (unpaired) electrons. The number of carbonyl (C=O) groups is 1. The van der Waals surface area contributed by atoms with E-state index in [9.17, 15) is 18.0 Å². The molecule has 0 saturated heterocycles. The Labute approximate surface area is 198 Å². The van der Waals surface area contributed by atoms with Crippen LogP contribution in [-0.4, -0.2) is 24.1 Å². The molecule has 0 saturated carbocycles. The van der Waals surface area contributed by atoms with E-state index in [0.717, 1.165) is 24.0 Å². The number of nitrogens with two attached hydrogens (primary N) is 1. The van der Waals surface area contributed by atoms with E-state index in [0.29, 0.717) is 40.9 Å². The van der Waals surface area contributed by atoms with E-state index < -0.39 is 16.1 Å². The van der Waals surface area contributed by atoms with Gasteiger partial charge >= 0.3 is 0 Å². The van der Waals surface area contributed by atoms with Gasteiger partial charge in [-0.15, -0.1) is 0 Å². The van der Waals surface area contributed by atoms with Crippen molar-refractivity contribution in [3.63, 3.8) is 0 Å². The lowest BCUT2D eigenvalue weighted by atomic mass is 9.89. The highest BCUT2D eigenvalue weighted by Crippen LogP contribution is 2.31. The molecule has 8 nitrogen and oxygen atoms in total. The van der Waals surface area contributed by atoms with Crippen LogP contribution in [0, 0.1) is 13.8 Å². The topological polar surface area (TPSA) is 124 Å². The molecule has 1 heterocycles. The summed E-state index contributed by atoms with van der Waals surface area (Å²) in [5, 5.41) is 12.9. The molecule has 0 aliphatic heterocycles. The number of sulfonamides is 1. The maximum Gasteiger partial charge on any atom is 0.271 e. The molecule has 0 spiro atoms. The van der Waals surface area contributed by atoms with Crippen LogP contribution in [0.25, 0.3) is 11.3 Å². The van der Waals surface area contributed by atoms with Gasteiger partial charge in [-0.05, 0) is 81.3 Å². The number of primary sulfonamides is 1. The molecule has 1 aliphatic rings. The Morgan fingerprint density at radius 1 is 1.09 bits per heavy atom. The minimum Gasteiger partial charge on any atom is -0.324 e. The highest BCUT2D eigenvalue weighted by atomic mass is 32.2. The van der Waals surface area contributed by atoms with Gasteiger partial charge in [-0.3, -0.25) is 9.59 Å². The summed E-state index contributed by atoms with van der Waals surface area (Å²) in [5.74, 6) is -0.365. The number of hydrogen-bond donors (Lipinski definition) is 2. The molecule has 3 aromatic rings. The fraction of sp³-hybridized carbons (Fsp3) is 0.320. The van der Waals surface area contributed by atoms with Crippen molar-refractivity contribution in [3.8, 4) is 11.3 Å². The summed E-state index contributed by atoms with van der Waals surface area (Å²) in [6.07, 6.45) is 3.02. The van der Waals surface area contributed by atoms with Gasteiger partial charge in [0.05, 0.1) is 10.6 Å². The first-order valence-electron chi connectivity index (χ1n) is 11.2. The quantitative estimate of drug-likeness (QED) is 0.580. The van der Waals surface area contributed by atoms with E-state index in [1.807, 2.05) is 25.1 Å². The predicted molar refractivity (Wildman–Crippen MR) is 131 cm³/mol. The zero-order chi connectivity index (χ0) is 24.6. The van der Waals surface area contributed by atoms with Crippen LogP contribution in [0.1, 0.15) is 48.1 Å². The van der Waals surface area contributed by atoms with Crippen molar-refractivity contribution in [3.05, 3.63) is 75.1 Å². The lowest BCUT2D eigenvalue weighted by Crippen LogP contribution is -2.37. The molecule has 0 bridgehead atoms. The molecule has 0 unspecified atom stereocenters. The van der Waals surface area contributed by atoms with Crippen LogP contribution in [0.3, 0.4) is 0 Å². The molecule has 0 fully saturated rings. The van der Waals surface area contributed by atoms with Crippen molar-refractivity contribution in [2.24, 2.45) is 5.14 Å². The standard InChI is InChI=1S/C25H28N4O4S/c1-15-7-6-8-19(13-15)27-24(30)17(3)29-25(31)21-10-5-4-9-20(21)23(28-29)18-12-11-16(2)22(14-18)34(26,32)33/h6-8,11-14,17H,4-5,9-10H2,1-3H3,(H,27,30)(H2,26,32,33)/t17-/m1/s1. The normalized spacial score (nSPS) is 14.4. The fourth-order valence-electron chi connectivity index (χ4n) is 4.38. The minimum atomic E-state index is -3.93. The first-order chi connectivity index (χ1) is 16.1. The number of amides is 1. The van der Waals surface area contributed by atoms with E-state index in [-0.39, 0.29) is 16.4 Å². The second kappa shape index (κ2) is 9.15. The number of hydrogen-bond acceptors (Lipinski definition) is 5. The maximum absolute atomic E-state index is 13.3. The summed E-state index contributed by atoms with van der Waals surface area (Å²) >= 11 is 0. The van der Waals surface area contributed by atoms with E-state index >= 15 is 0 Å². The van der Waals surface area contributed by atoms with Gasteiger partial charge in [0, 0.05) is 16.8 Å². The lowest BCUT2D eigenvalue weighted by molar-refractivity contribution is -0.119. The van der Waals surface area contributed by atoms with Crippen LogP contribution in [0.5, 0.6) is 0 Å². The van der Waals surface area contributed by atoms with Gasteiger partial charge in [-0.1, -0.05) is 24.3 Å². The van der Waals surface area contributed by atoms with Gasteiger partial charge < -0.3 is 5.32 Å². The Bertz CT molecular complexity index is 1440. The van der Waals surface area contributed by atoms with Gasteiger partial charge in [-0.25, -0.2) is 18.2 Å². The smallest absolute Gasteiger partial charge is 0.271 e. The second-order valence-corrected chi connectivity index (χ2v) is 10.4. The SMILES string of the molecule is Cc1cccc(NC(=O)[C@@H](C)n2nc(-c3ccc(C)c(S(N)(=O)=O)c3)c3c(c2=O)CCCC3)c1. The van der Waals surface area contributed by atoms with Crippen molar-refractivity contribution in [1.29, 1.82) is 0 Å². The van der Waals surface area contributed by atoms with Gasteiger partial charge in [0.2, 0.25) is 15.9 Å². The summed E-state index contributed by atoms with van der Waals surface area (Å²) in [6.45, 7) is 5.23. The number of nitrogens with one attached hydrogen (secondary N) is 1. The van der Waals surface area contributed by atoms with Gasteiger partial charge in [0.1, 0.15) is 6.04 Å². The third kappa shape index (κ3) is 4.67. The number of fused-ring (bicyclic) bond motifs is 1. The molecular formula is C25H28N4O4S. The lowest BCUT2D eigenvalue weighted by Gasteiger charge is -2.23. The van der Waals surface area contributed by atoms with Crippen LogP contribution < -0.4 is 16.0 Å². The van der Waals surface area contributed by atoms with Gasteiger partial charge in [0.15, 0.2) is 0 Å².